The SMILES string of the molecule is COc1ncc(-c2cc(Cn3cncc3-c3ccccc3)c3c(N)ncnn23)cc1C(=O)NC1CN(C(=O)C2CC(F)(F)C2)CC1F. The normalized spacial score (nSPS) is 19.1. The third-order valence-corrected chi connectivity index (χ3v) is 8.69. The van der Waals surface area contributed by atoms with Crippen LogP contribution in [0.3, 0.4) is 0 Å². The number of imidazole rings is 1. The molecule has 0 spiro atoms. The van der Waals surface area contributed by atoms with Gasteiger partial charge in [-0.3, -0.25) is 9.59 Å². The van der Waals surface area contributed by atoms with Crippen LogP contribution in [0.5, 0.6) is 5.88 Å². The van der Waals surface area contributed by atoms with Gasteiger partial charge in [0.15, 0.2) is 5.82 Å². The monoisotopic (exact) mass is 645 g/mol. The molecule has 2 unspecified atom stereocenters. The molecule has 2 amide bonds. The Balaban J connectivity index is 1.16. The van der Waals surface area contributed by atoms with E-state index in [4.69, 9.17) is 10.5 Å². The number of anilines is 1. The molecule has 3 N–H and O–H groups in total. The van der Waals surface area contributed by atoms with Gasteiger partial charge in [0.2, 0.25) is 17.7 Å². The minimum Gasteiger partial charge on any atom is -0.480 e. The molecule has 1 saturated heterocycles. The molecular formula is C32H30F3N9O3. The lowest BCUT2D eigenvalue weighted by Crippen LogP contribution is -2.47. The van der Waals surface area contributed by atoms with E-state index in [2.05, 4.69) is 25.4 Å². The van der Waals surface area contributed by atoms with E-state index in [9.17, 15) is 18.4 Å². The van der Waals surface area contributed by atoms with Gasteiger partial charge in [-0.1, -0.05) is 30.3 Å². The molecule has 12 nitrogen and oxygen atoms in total. The van der Waals surface area contributed by atoms with E-state index in [0.717, 1.165) is 16.8 Å². The van der Waals surface area contributed by atoms with Crippen LogP contribution < -0.4 is 15.8 Å². The maximum Gasteiger partial charge on any atom is 0.257 e. The van der Waals surface area contributed by atoms with Crippen LogP contribution in [0.2, 0.25) is 0 Å². The molecule has 1 aromatic carbocycles. The van der Waals surface area contributed by atoms with Crippen molar-refractivity contribution >= 4 is 23.1 Å². The van der Waals surface area contributed by atoms with E-state index in [1.54, 1.807) is 23.1 Å². The van der Waals surface area contributed by atoms with Crippen molar-refractivity contribution < 1.29 is 27.5 Å². The van der Waals surface area contributed by atoms with Gasteiger partial charge in [-0.15, -0.1) is 0 Å². The van der Waals surface area contributed by atoms with E-state index < -0.39 is 48.7 Å². The quantitative estimate of drug-likeness (QED) is 0.260. The number of ether oxygens (including phenoxy) is 1. The van der Waals surface area contributed by atoms with E-state index >= 15 is 4.39 Å². The molecule has 2 aliphatic rings. The van der Waals surface area contributed by atoms with Crippen LogP contribution in [-0.2, 0) is 11.3 Å². The van der Waals surface area contributed by atoms with Gasteiger partial charge >= 0.3 is 0 Å². The van der Waals surface area contributed by atoms with Crippen LogP contribution in [0.15, 0.2) is 67.5 Å². The number of methoxy groups -OCH3 is 1. The Kier molecular flexibility index (Phi) is 7.53. The van der Waals surface area contributed by atoms with Crippen molar-refractivity contribution in [3.8, 4) is 28.4 Å². The average molecular weight is 646 g/mol. The van der Waals surface area contributed by atoms with Crippen molar-refractivity contribution in [2.75, 3.05) is 25.9 Å². The molecule has 47 heavy (non-hydrogen) atoms. The minimum atomic E-state index is -2.87. The summed E-state index contributed by atoms with van der Waals surface area (Å²) in [6.45, 7) is -0.0366. The minimum absolute atomic E-state index is 0.00503. The lowest BCUT2D eigenvalue weighted by Gasteiger charge is -2.36. The van der Waals surface area contributed by atoms with Crippen LogP contribution in [-0.4, -0.2) is 84.2 Å². The Labute approximate surface area is 266 Å². The number of rotatable bonds is 8. The number of nitrogen functional groups attached to an aromatic ring is 1. The molecule has 242 valence electrons. The number of nitrogens with zero attached hydrogens (tertiary/aromatic N) is 7. The number of amides is 2. The van der Waals surface area contributed by atoms with E-state index in [-0.39, 0.29) is 30.4 Å². The fraction of sp³-hybridized carbons (Fsp3) is 0.312. The van der Waals surface area contributed by atoms with Gasteiger partial charge in [0.05, 0.1) is 50.2 Å². The zero-order valence-electron chi connectivity index (χ0n) is 25.2. The Bertz CT molecular complexity index is 1970. The van der Waals surface area contributed by atoms with Crippen LogP contribution in [0, 0.1) is 5.92 Å². The predicted octanol–water partition coefficient (Wildman–Crippen LogP) is 3.62. The number of fused-ring (bicyclic) bond motifs is 1. The van der Waals surface area contributed by atoms with Crippen molar-refractivity contribution in [1.82, 2.24) is 39.3 Å². The Morgan fingerprint density at radius 2 is 1.85 bits per heavy atom. The maximum absolute atomic E-state index is 15.0. The number of hydrogen-bond acceptors (Lipinski definition) is 8. The molecule has 2 fully saturated rings. The van der Waals surface area contributed by atoms with Gasteiger partial charge in [0.25, 0.3) is 5.91 Å². The van der Waals surface area contributed by atoms with Crippen LogP contribution in [0.1, 0.15) is 28.8 Å². The molecule has 4 aromatic heterocycles. The maximum atomic E-state index is 15.0. The number of nitrogens with two attached hydrogens (primary N) is 1. The molecule has 7 rings (SSSR count). The van der Waals surface area contributed by atoms with E-state index in [0.29, 0.717) is 23.3 Å². The lowest BCUT2D eigenvalue weighted by atomic mass is 9.80. The first kappa shape index (κ1) is 30.2. The van der Waals surface area contributed by atoms with Gasteiger partial charge < -0.3 is 25.3 Å². The first-order valence-corrected chi connectivity index (χ1v) is 14.9. The third-order valence-electron chi connectivity index (χ3n) is 8.69. The second-order valence-electron chi connectivity index (χ2n) is 11.8. The number of pyridine rings is 1. The van der Waals surface area contributed by atoms with Crippen molar-refractivity contribution in [3.05, 3.63) is 78.6 Å². The molecule has 1 saturated carbocycles. The number of halogens is 3. The zero-order valence-corrected chi connectivity index (χ0v) is 25.2. The number of carbonyl (C=O) groups excluding carboxylic acids is 2. The van der Waals surface area contributed by atoms with Crippen LogP contribution >= 0.6 is 0 Å². The van der Waals surface area contributed by atoms with Crippen molar-refractivity contribution in [3.63, 3.8) is 0 Å². The number of likely N-dealkylation sites (tertiary alicyclic amines) is 1. The molecule has 0 radical (unpaired) electrons. The van der Waals surface area contributed by atoms with E-state index in [1.807, 2.05) is 41.0 Å². The summed E-state index contributed by atoms with van der Waals surface area (Å²) in [6, 6.07) is 12.2. The number of alkyl halides is 3. The van der Waals surface area contributed by atoms with Gasteiger partial charge in [-0.25, -0.2) is 32.6 Å². The first-order chi connectivity index (χ1) is 22.6. The van der Waals surface area contributed by atoms with E-state index in [1.165, 1.54) is 24.5 Å². The molecule has 2 atom stereocenters. The molecule has 5 heterocycles. The highest BCUT2D eigenvalue weighted by molar-refractivity contribution is 5.98. The fourth-order valence-corrected chi connectivity index (χ4v) is 6.29. The number of benzene rings is 1. The van der Waals surface area contributed by atoms with Crippen LogP contribution in [0.4, 0.5) is 19.0 Å². The fourth-order valence-electron chi connectivity index (χ4n) is 6.29. The second-order valence-corrected chi connectivity index (χ2v) is 11.8. The van der Waals surface area contributed by atoms with Crippen molar-refractivity contribution in [2.24, 2.45) is 5.92 Å². The predicted molar refractivity (Wildman–Crippen MR) is 164 cm³/mol. The zero-order chi connectivity index (χ0) is 32.9. The lowest BCUT2D eigenvalue weighted by molar-refractivity contribution is -0.159. The summed E-state index contributed by atoms with van der Waals surface area (Å²) in [4.78, 5) is 40.2. The number of hydrogen-bond donors (Lipinski definition) is 2. The molecule has 1 aliphatic carbocycles. The highest BCUT2D eigenvalue weighted by Crippen LogP contribution is 2.43. The Hall–Kier alpha value is -5.47. The molecular weight excluding hydrogens is 615 g/mol. The number of aromatic nitrogens is 6. The van der Waals surface area contributed by atoms with Crippen molar-refractivity contribution in [2.45, 2.75) is 37.5 Å². The second kappa shape index (κ2) is 11.7. The van der Waals surface area contributed by atoms with Crippen LogP contribution in [0.25, 0.3) is 28.0 Å². The van der Waals surface area contributed by atoms with Gasteiger partial charge in [-0.2, -0.15) is 5.10 Å². The largest absolute Gasteiger partial charge is 0.480 e. The topological polar surface area (TPSA) is 146 Å². The average Bonchev–Trinajstić information content (AvgIpc) is 3.77. The number of carbonyl (C=O) groups is 2. The van der Waals surface area contributed by atoms with Gasteiger partial charge in [0, 0.05) is 42.6 Å². The Morgan fingerprint density at radius 3 is 2.60 bits per heavy atom. The highest BCUT2D eigenvalue weighted by Gasteiger charge is 2.51. The summed E-state index contributed by atoms with van der Waals surface area (Å²) in [5.74, 6) is -4.65. The summed E-state index contributed by atoms with van der Waals surface area (Å²) in [6.07, 6.45) is 3.68. The molecule has 0 bridgehead atoms. The summed E-state index contributed by atoms with van der Waals surface area (Å²) in [5, 5.41) is 7.06. The number of nitrogens with one attached hydrogen (secondary N) is 1. The molecule has 5 aromatic rings. The summed E-state index contributed by atoms with van der Waals surface area (Å²) >= 11 is 0. The molecule has 1 aliphatic heterocycles. The van der Waals surface area contributed by atoms with Gasteiger partial charge in [-0.05, 0) is 17.7 Å². The third kappa shape index (κ3) is 5.61. The van der Waals surface area contributed by atoms with Gasteiger partial charge in [0.1, 0.15) is 23.6 Å². The standard InChI is InChI=1S/C32H30F3N9O3/c1-47-30-22(29(45)41-24-15-42(14-23(24)33)31(46)21-9-32(34,35)10-21)7-19(11-38-30)25-8-20(27-28(36)39-16-40-44(25)27)13-43-17-37-12-26(43)18-5-3-2-4-6-18/h2-8,11-12,16-17,21,23-24H,9-10,13-15H2,1H3,(H,41,45)(H2,36,39,40). The highest BCUT2D eigenvalue weighted by atomic mass is 19.3. The van der Waals surface area contributed by atoms with Crippen molar-refractivity contribution in [1.29, 1.82) is 0 Å². The molecule has 15 heteroatoms. The summed E-state index contributed by atoms with van der Waals surface area (Å²) in [5.41, 5.74) is 10.7. The summed E-state index contributed by atoms with van der Waals surface area (Å²) < 4.78 is 50.6. The first-order valence-electron chi connectivity index (χ1n) is 14.9. The Morgan fingerprint density at radius 1 is 1.06 bits per heavy atom. The smallest absolute Gasteiger partial charge is 0.257 e. The summed E-state index contributed by atoms with van der Waals surface area (Å²) in [7, 11) is 1.36.